The van der Waals surface area contributed by atoms with E-state index >= 15 is 0 Å². The lowest BCUT2D eigenvalue weighted by atomic mass is 10.0. The van der Waals surface area contributed by atoms with Crippen molar-refractivity contribution in [3.63, 3.8) is 0 Å². The normalized spacial score (nSPS) is 32.9. The van der Waals surface area contributed by atoms with Crippen molar-refractivity contribution >= 4 is 42.4 Å². The summed E-state index contributed by atoms with van der Waals surface area (Å²) in [5.74, 6) is -0.00774. The number of imidazole rings is 1. The number of hydrogen-bond donors (Lipinski definition) is 2. The number of alkyl halides is 1. The van der Waals surface area contributed by atoms with Crippen LogP contribution in [0.1, 0.15) is 52.7 Å². The van der Waals surface area contributed by atoms with Crippen molar-refractivity contribution in [2.75, 3.05) is 25.6 Å². The molecule has 0 bridgehead atoms. The smallest absolute Gasteiger partial charge is 0.406 e. The molecule has 2 saturated heterocycles. The Kier molecular flexibility index (Phi) is 7.38. The van der Waals surface area contributed by atoms with Crippen LogP contribution >= 0.6 is 19.3 Å². The Bertz CT molecular complexity index is 1210. The van der Waals surface area contributed by atoms with Gasteiger partial charge in [0.1, 0.15) is 23.7 Å². The summed E-state index contributed by atoms with van der Waals surface area (Å²) >= 11 is 7.00. The predicted molar refractivity (Wildman–Crippen MR) is 133 cm³/mol. The summed E-state index contributed by atoms with van der Waals surface area (Å²) in [6.07, 6.45) is 3.11. The third kappa shape index (κ3) is 5.17. The first-order chi connectivity index (χ1) is 17.6. The van der Waals surface area contributed by atoms with E-state index in [2.05, 4.69) is 20.0 Å². The number of nitrogen functional groups attached to an aromatic ring is 1. The Balaban J connectivity index is 1.29. The Labute approximate surface area is 219 Å². The van der Waals surface area contributed by atoms with Gasteiger partial charge >= 0.3 is 13.7 Å². The number of nitrogens with zero attached hydrogens (tertiary/aromatic N) is 4. The number of carbonyl (C=O) groups excluding carboxylic acids is 1. The number of hydrogen-bond acceptors (Lipinski definition) is 11. The van der Waals surface area contributed by atoms with E-state index in [0.717, 1.165) is 25.7 Å². The summed E-state index contributed by atoms with van der Waals surface area (Å²) < 4.78 is 43.8. The van der Waals surface area contributed by atoms with Crippen LogP contribution in [0.25, 0.3) is 11.2 Å². The van der Waals surface area contributed by atoms with E-state index in [-0.39, 0.29) is 36.9 Å². The molecule has 0 radical (unpaired) electrons. The molecule has 2 aromatic rings. The molecule has 15 heteroatoms. The molecule has 1 saturated carbocycles. The fourth-order valence-corrected chi connectivity index (χ4v) is 7.25. The molecule has 3 N–H and O–H groups in total. The molecule has 2 aromatic heterocycles. The first-order valence-corrected chi connectivity index (χ1v) is 14.4. The molecule has 2 aliphatic heterocycles. The number of carbonyl (C=O) groups is 1. The lowest BCUT2D eigenvalue weighted by Gasteiger charge is -2.36. The zero-order valence-corrected chi connectivity index (χ0v) is 22.6. The molecule has 0 spiro atoms. The second kappa shape index (κ2) is 10.3. The van der Waals surface area contributed by atoms with Gasteiger partial charge in [-0.25, -0.2) is 14.6 Å². The van der Waals surface area contributed by atoms with Gasteiger partial charge in [0.15, 0.2) is 17.4 Å². The molecular weight excluding hydrogens is 527 g/mol. The van der Waals surface area contributed by atoms with Crippen LogP contribution < -0.4 is 15.6 Å². The van der Waals surface area contributed by atoms with Crippen LogP contribution in [0.15, 0.2) is 6.33 Å². The highest BCUT2D eigenvalue weighted by Crippen LogP contribution is 2.57. The molecule has 37 heavy (non-hydrogen) atoms. The molecule has 4 heterocycles. The van der Waals surface area contributed by atoms with Gasteiger partial charge in [0.25, 0.3) is 0 Å². The quantitative estimate of drug-likeness (QED) is 0.277. The highest BCUT2D eigenvalue weighted by molar-refractivity contribution is 7.51. The Morgan fingerprint density at radius 2 is 2.16 bits per heavy atom. The van der Waals surface area contributed by atoms with Crippen molar-refractivity contribution in [2.45, 2.75) is 75.8 Å². The summed E-state index contributed by atoms with van der Waals surface area (Å²) in [5, 5.41) is 2.85. The number of nitrogens with two attached hydrogens (primary N) is 1. The van der Waals surface area contributed by atoms with Gasteiger partial charge in [0.2, 0.25) is 11.8 Å². The van der Waals surface area contributed by atoms with E-state index in [1.165, 1.54) is 6.33 Å². The van der Waals surface area contributed by atoms with Crippen LogP contribution in [0.5, 0.6) is 5.88 Å². The maximum absolute atomic E-state index is 13.5. The highest BCUT2D eigenvalue weighted by Gasteiger charge is 2.60. The van der Waals surface area contributed by atoms with Gasteiger partial charge in [-0.15, -0.1) is 11.6 Å². The van der Waals surface area contributed by atoms with E-state index < -0.39 is 37.1 Å². The van der Waals surface area contributed by atoms with Gasteiger partial charge in [-0.3, -0.25) is 18.4 Å². The Morgan fingerprint density at radius 3 is 2.89 bits per heavy atom. The molecule has 0 aromatic carbocycles. The van der Waals surface area contributed by atoms with Crippen molar-refractivity contribution in [1.29, 1.82) is 0 Å². The summed E-state index contributed by atoms with van der Waals surface area (Å²) in [6.45, 7) is 5.70. The molecule has 204 valence electrons. The largest absolute Gasteiger partial charge is 0.476 e. The summed E-state index contributed by atoms with van der Waals surface area (Å²) in [6, 6.07) is -0.471. The number of ether oxygens (including phenoxy) is 3. The third-order valence-electron chi connectivity index (χ3n) is 6.82. The SMILES string of the molecule is CCOc1nc(N)nc2c1ncn2[C@@H]1O[C@@H]2COP(=O)(N[C@H](C)COC(=O)C3CCCC3)O[C@H]2[C@@]1(C)Cl. The molecule has 0 amide bonds. The van der Waals surface area contributed by atoms with Crippen LogP contribution in [0.3, 0.4) is 0 Å². The van der Waals surface area contributed by atoms with Crippen molar-refractivity contribution in [3.8, 4) is 5.88 Å². The second-order valence-electron chi connectivity index (χ2n) is 9.78. The summed E-state index contributed by atoms with van der Waals surface area (Å²) in [4.78, 5) is 23.8. The Hall–Kier alpha value is -2.02. The highest BCUT2D eigenvalue weighted by atomic mass is 35.5. The number of rotatable bonds is 8. The number of aromatic nitrogens is 4. The minimum atomic E-state index is -3.78. The van der Waals surface area contributed by atoms with Crippen molar-refractivity contribution in [1.82, 2.24) is 24.6 Å². The third-order valence-corrected chi connectivity index (χ3v) is 8.98. The second-order valence-corrected chi connectivity index (χ2v) is 12.3. The van der Waals surface area contributed by atoms with Crippen LogP contribution in [0.2, 0.25) is 0 Å². The zero-order chi connectivity index (χ0) is 26.4. The summed E-state index contributed by atoms with van der Waals surface area (Å²) in [5.41, 5.74) is 6.68. The van der Waals surface area contributed by atoms with E-state index in [0.29, 0.717) is 17.8 Å². The van der Waals surface area contributed by atoms with Crippen LogP contribution in [0.4, 0.5) is 5.95 Å². The lowest BCUT2D eigenvalue weighted by Crippen LogP contribution is -2.46. The number of anilines is 1. The first kappa shape index (κ1) is 26.6. The number of esters is 1. The van der Waals surface area contributed by atoms with E-state index in [1.807, 2.05) is 6.92 Å². The van der Waals surface area contributed by atoms with E-state index in [9.17, 15) is 9.36 Å². The van der Waals surface area contributed by atoms with Crippen LogP contribution in [0, 0.1) is 5.92 Å². The van der Waals surface area contributed by atoms with Gasteiger partial charge in [-0.05, 0) is 33.6 Å². The minimum absolute atomic E-state index is 0.0142. The number of halogens is 1. The maximum atomic E-state index is 13.5. The maximum Gasteiger partial charge on any atom is 0.406 e. The molecule has 3 fully saturated rings. The average Bonchev–Trinajstić information content (AvgIpc) is 3.57. The standard InChI is InChI=1S/C22H32ClN6O7P/c1-4-32-18-15-17(26-21(24)27-18)29(11-25-15)20-22(3,23)16-14(35-20)10-34-37(31,36-16)28-12(2)9-33-19(30)13-7-5-6-8-13/h11-14,16,20H,4-10H2,1-3H3,(H,28,31)(H2,24,26,27)/t12-,14-,16-,20-,22-,37?/m1/s1. The van der Waals surface area contributed by atoms with Crippen molar-refractivity contribution < 1.29 is 32.6 Å². The molecule has 1 unspecified atom stereocenters. The Morgan fingerprint density at radius 1 is 1.41 bits per heavy atom. The predicted octanol–water partition coefficient (Wildman–Crippen LogP) is 2.94. The monoisotopic (exact) mass is 558 g/mol. The van der Waals surface area contributed by atoms with Crippen molar-refractivity contribution in [2.24, 2.45) is 5.92 Å². The van der Waals surface area contributed by atoms with Gasteiger partial charge in [-0.2, -0.15) is 9.97 Å². The lowest BCUT2D eigenvalue weighted by molar-refractivity contribution is -0.148. The topological polar surface area (TPSA) is 162 Å². The molecule has 5 rings (SSSR count). The average molecular weight is 559 g/mol. The fourth-order valence-electron chi connectivity index (χ4n) is 5.04. The number of nitrogens with one attached hydrogen (secondary N) is 1. The molecular formula is C22H32ClN6O7P. The van der Waals surface area contributed by atoms with E-state index in [1.54, 1.807) is 18.4 Å². The van der Waals surface area contributed by atoms with Crippen molar-refractivity contribution in [3.05, 3.63) is 6.33 Å². The van der Waals surface area contributed by atoms with Gasteiger partial charge < -0.3 is 19.9 Å². The molecule has 3 aliphatic rings. The zero-order valence-electron chi connectivity index (χ0n) is 21.0. The first-order valence-electron chi connectivity index (χ1n) is 12.5. The summed E-state index contributed by atoms with van der Waals surface area (Å²) in [7, 11) is -3.78. The minimum Gasteiger partial charge on any atom is -0.476 e. The van der Waals surface area contributed by atoms with Gasteiger partial charge in [0.05, 0.1) is 25.5 Å². The molecule has 1 aliphatic carbocycles. The van der Waals surface area contributed by atoms with Gasteiger partial charge in [0, 0.05) is 6.04 Å². The van der Waals surface area contributed by atoms with Crippen LogP contribution in [-0.2, 0) is 27.9 Å². The van der Waals surface area contributed by atoms with E-state index in [4.69, 9.17) is 40.6 Å². The fraction of sp³-hybridized carbons (Fsp3) is 0.727. The molecule has 6 atom stereocenters. The molecule has 13 nitrogen and oxygen atoms in total. The number of fused-ring (bicyclic) bond motifs is 2. The van der Waals surface area contributed by atoms with Crippen LogP contribution in [-0.4, -0.2) is 68.4 Å². The van der Waals surface area contributed by atoms with Gasteiger partial charge in [-0.1, -0.05) is 12.8 Å².